The highest BCUT2D eigenvalue weighted by molar-refractivity contribution is 8.00. The topological polar surface area (TPSA) is 74.8 Å². The monoisotopic (exact) mass is 464 g/mol. The number of ether oxygens (including phenoxy) is 1. The standard InChI is InChI=1S/C25H28N4O3S/c1-18(2)17-32-25(31)29-15-13-28(14-16-29)24(30)20-8-10-21(11-9-20)27-33-22-7-3-5-19-6-4-12-26-23(19)22/h3-12,18,27H,13-17H2,1-2H3. The molecule has 0 saturated carbocycles. The summed E-state index contributed by atoms with van der Waals surface area (Å²) in [5.41, 5.74) is 2.49. The molecule has 1 aliphatic heterocycles. The highest BCUT2D eigenvalue weighted by atomic mass is 32.2. The highest BCUT2D eigenvalue weighted by Gasteiger charge is 2.25. The Hall–Kier alpha value is -3.26. The molecule has 2 aromatic carbocycles. The Morgan fingerprint density at radius 2 is 1.70 bits per heavy atom. The van der Waals surface area contributed by atoms with E-state index in [2.05, 4.69) is 9.71 Å². The van der Waals surface area contributed by atoms with Gasteiger partial charge in [0.1, 0.15) is 0 Å². The van der Waals surface area contributed by atoms with Crippen LogP contribution in [0.1, 0.15) is 24.2 Å². The van der Waals surface area contributed by atoms with E-state index in [1.807, 2.05) is 68.4 Å². The Kier molecular flexibility index (Phi) is 7.34. The van der Waals surface area contributed by atoms with Crippen LogP contribution in [-0.4, -0.2) is 59.6 Å². The molecule has 2 heterocycles. The number of carbonyl (C=O) groups excluding carboxylic acids is 2. The molecule has 1 saturated heterocycles. The Labute approximate surface area is 198 Å². The third-order valence-electron chi connectivity index (χ3n) is 5.37. The van der Waals surface area contributed by atoms with Gasteiger partial charge in [0.25, 0.3) is 5.91 Å². The lowest BCUT2D eigenvalue weighted by Crippen LogP contribution is -2.50. The number of pyridine rings is 1. The lowest BCUT2D eigenvalue weighted by atomic mass is 10.1. The Morgan fingerprint density at radius 1 is 1.00 bits per heavy atom. The van der Waals surface area contributed by atoms with Crippen LogP contribution in [0.25, 0.3) is 10.9 Å². The molecule has 1 aliphatic rings. The van der Waals surface area contributed by atoms with Crippen molar-refractivity contribution >= 4 is 40.5 Å². The molecule has 3 aromatic rings. The second kappa shape index (κ2) is 10.6. The number of nitrogens with one attached hydrogen (secondary N) is 1. The molecule has 2 amide bonds. The fraction of sp³-hybridized carbons (Fsp3) is 0.320. The minimum absolute atomic E-state index is 0.0253. The molecule has 1 N–H and O–H groups in total. The van der Waals surface area contributed by atoms with E-state index < -0.39 is 0 Å². The van der Waals surface area contributed by atoms with Crippen LogP contribution in [0.5, 0.6) is 0 Å². The van der Waals surface area contributed by atoms with Crippen molar-refractivity contribution in [2.75, 3.05) is 37.5 Å². The van der Waals surface area contributed by atoms with Gasteiger partial charge in [-0.15, -0.1) is 0 Å². The third kappa shape index (κ3) is 5.76. The van der Waals surface area contributed by atoms with E-state index in [1.54, 1.807) is 16.0 Å². The van der Waals surface area contributed by atoms with Crippen molar-refractivity contribution in [2.45, 2.75) is 18.7 Å². The van der Waals surface area contributed by atoms with E-state index in [9.17, 15) is 9.59 Å². The van der Waals surface area contributed by atoms with Crippen LogP contribution in [0.3, 0.4) is 0 Å². The summed E-state index contributed by atoms with van der Waals surface area (Å²) in [7, 11) is 0. The van der Waals surface area contributed by atoms with Gasteiger partial charge in [0.05, 0.1) is 17.0 Å². The van der Waals surface area contributed by atoms with Gasteiger partial charge in [-0.05, 0) is 54.3 Å². The van der Waals surface area contributed by atoms with E-state index >= 15 is 0 Å². The van der Waals surface area contributed by atoms with Gasteiger partial charge in [-0.2, -0.15) is 0 Å². The average Bonchev–Trinajstić information content (AvgIpc) is 2.86. The third-order valence-corrected chi connectivity index (χ3v) is 6.26. The molecule has 33 heavy (non-hydrogen) atoms. The van der Waals surface area contributed by atoms with Gasteiger partial charge in [-0.3, -0.25) is 9.78 Å². The first-order chi connectivity index (χ1) is 16.0. The van der Waals surface area contributed by atoms with E-state index in [0.29, 0.717) is 44.3 Å². The maximum absolute atomic E-state index is 12.9. The Balaban J connectivity index is 1.30. The molecule has 172 valence electrons. The molecule has 7 nitrogen and oxygen atoms in total. The fourth-order valence-electron chi connectivity index (χ4n) is 3.56. The smallest absolute Gasteiger partial charge is 0.409 e. The van der Waals surface area contributed by atoms with Gasteiger partial charge in [-0.25, -0.2) is 4.79 Å². The first-order valence-electron chi connectivity index (χ1n) is 11.1. The van der Waals surface area contributed by atoms with E-state index in [-0.39, 0.29) is 12.0 Å². The zero-order valence-corrected chi connectivity index (χ0v) is 19.7. The van der Waals surface area contributed by atoms with Crippen molar-refractivity contribution in [3.63, 3.8) is 0 Å². The summed E-state index contributed by atoms with van der Waals surface area (Å²) in [6, 6.07) is 17.5. The summed E-state index contributed by atoms with van der Waals surface area (Å²) < 4.78 is 8.62. The van der Waals surface area contributed by atoms with Crippen LogP contribution in [0.4, 0.5) is 10.5 Å². The van der Waals surface area contributed by atoms with Gasteiger partial charge in [0.2, 0.25) is 0 Å². The average molecular weight is 465 g/mol. The van der Waals surface area contributed by atoms with Crippen molar-refractivity contribution in [3.8, 4) is 0 Å². The Bertz CT molecular complexity index is 1110. The number of benzene rings is 2. The molecule has 1 aromatic heterocycles. The number of fused-ring (bicyclic) bond motifs is 1. The van der Waals surface area contributed by atoms with Crippen molar-refractivity contribution in [3.05, 3.63) is 66.4 Å². The zero-order valence-electron chi connectivity index (χ0n) is 18.9. The highest BCUT2D eigenvalue weighted by Crippen LogP contribution is 2.27. The first-order valence-corrected chi connectivity index (χ1v) is 11.9. The van der Waals surface area contributed by atoms with Gasteiger partial charge in [0.15, 0.2) is 0 Å². The molecular formula is C25H28N4O3S. The van der Waals surface area contributed by atoms with Crippen LogP contribution in [0, 0.1) is 5.92 Å². The van der Waals surface area contributed by atoms with Crippen LogP contribution in [-0.2, 0) is 4.74 Å². The normalized spacial score (nSPS) is 13.9. The van der Waals surface area contributed by atoms with E-state index in [4.69, 9.17) is 4.74 Å². The molecule has 8 heteroatoms. The number of anilines is 1. The van der Waals surface area contributed by atoms with Crippen LogP contribution in [0.2, 0.25) is 0 Å². The van der Waals surface area contributed by atoms with Crippen molar-refractivity contribution in [2.24, 2.45) is 5.92 Å². The second-order valence-corrected chi connectivity index (χ2v) is 9.21. The summed E-state index contributed by atoms with van der Waals surface area (Å²) in [4.78, 5) is 34.0. The molecule has 0 spiro atoms. The largest absolute Gasteiger partial charge is 0.449 e. The van der Waals surface area contributed by atoms with Crippen LogP contribution >= 0.6 is 11.9 Å². The van der Waals surface area contributed by atoms with Gasteiger partial charge in [-0.1, -0.05) is 32.0 Å². The number of aromatic nitrogens is 1. The predicted octanol–water partition coefficient (Wildman–Crippen LogP) is 4.90. The predicted molar refractivity (Wildman–Crippen MR) is 131 cm³/mol. The number of piperazine rings is 1. The lowest BCUT2D eigenvalue weighted by molar-refractivity contribution is 0.0535. The van der Waals surface area contributed by atoms with Crippen molar-refractivity contribution in [1.82, 2.24) is 14.8 Å². The quantitative estimate of drug-likeness (QED) is 0.523. The number of hydrogen-bond donors (Lipinski definition) is 1. The maximum atomic E-state index is 12.9. The zero-order chi connectivity index (χ0) is 23.2. The molecular weight excluding hydrogens is 436 g/mol. The number of carbonyl (C=O) groups is 2. The Morgan fingerprint density at radius 3 is 2.42 bits per heavy atom. The summed E-state index contributed by atoms with van der Waals surface area (Å²) in [6.07, 6.45) is 1.49. The summed E-state index contributed by atoms with van der Waals surface area (Å²) in [5, 5.41) is 1.10. The van der Waals surface area contributed by atoms with Crippen molar-refractivity contribution < 1.29 is 14.3 Å². The van der Waals surface area contributed by atoms with Crippen LogP contribution in [0.15, 0.2) is 65.7 Å². The summed E-state index contributed by atoms with van der Waals surface area (Å²) in [5.74, 6) is 0.277. The number of rotatable bonds is 6. The van der Waals surface area contributed by atoms with Gasteiger partial charge < -0.3 is 19.3 Å². The first kappa shape index (κ1) is 22.9. The molecule has 0 unspecified atom stereocenters. The number of hydrogen-bond acceptors (Lipinski definition) is 6. The minimum atomic E-state index is -0.301. The second-order valence-electron chi connectivity index (χ2n) is 8.36. The SMILES string of the molecule is CC(C)COC(=O)N1CCN(C(=O)c2ccc(NSc3cccc4cccnc34)cc2)CC1. The summed E-state index contributed by atoms with van der Waals surface area (Å²) in [6.45, 7) is 6.39. The molecule has 0 bridgehead atoms. The molecule has 4 rings (SSSR count). The minimum Gasteiger partial charge on any atom is -0.449 e. The number of para-hydroxylation sites is 1. The molecule has 0 atom stereocenters. The number of amides is 2. The number of nitrogens with zero attached hydrogens (tertiary/aromatic N) is 3. The maximum Gasteiger partial charge on any atom is 0.409 e. The lowest BCUT2D eigenvalue weighted by Gasteiger charge is -2.34. The van der Waals surface area contributed by atoms with E-state index in [1.165, 1.54) is 11.9 Å². The molecule has 0 aliphatic carbocycles. The van der Waals surface area contributed by atoms with Gasteiger partial charge >= 0.3 is 6.09 Å². The fourth-order valence-corrected chi connectivity index (χ4v) is 4.33. The van der Waals surface area contributed by atoms with Gasteiger partial charge in [0, 0.05) is 49.0 Å². The molecule has 0 radical (unpaired) electrons. The van der Waals surface area contributed by atoms with Crippen LogP contribution < -0.4 is 4.72 Å². The van der Waals surface area contributed by atoms with Crippen molar-refractivity contribution in [1.29, 1.82) is 0 Å². The van der Waals surface area contributed by atoms with E-state index in [0.717, 1.165) is 21.5 Å². The molecule has 1 fully saturated rings. The summed E-state index contributed by atoms with van der Waals surface area (Å²) >= 11 is 1.50.